The molecule has 2 heterocycles. The number of aryl methyl sites for hydroxylation is 2. The highest BCUT2D eigenvalue weighted by atomic mass is 32.2. The van der Waals surface area contributed by atoms with E-state index in [1.807, 2.05) is 6.07 Å². The summed E-state index contributed by atoms with van der Waals surface area (Å²) >= 11 is 1.54. The summed E-state index contributed by atoms with van der Waals surface area (Å²) < 4.78 is 22.8. The van der Waals surface area contributed by atoms with Gasteiger partial charge in [0, 0.05) is 10.9 Å². The Morgan fingerprint density at radius 2 is 2.20 bits per heavy atom. The van der Waals surface area contributed by atoms with Gasteiger partial charge in [0.1, 0.15) is 0 Å². The molecule has 1 atom stereocenters. The molecule has 0 aromatic carbocycles. The van der Waals surface area contributed by atoms with Crippen molar-refractivity contribution in [2.75, 3.05) is 11.5 Å². The lowest BCUT2D eigenvalue weighted by Gasteiger charge is -2.09. The Morgan fingerprint density at radius 3 is 2.75 bits per heavy atom. The van der Waals surface area contributed by atoms with Gasteiger partial charge in [-0.3, -0.25) is 4.79 Å². The summed E-state index contributed by atoms with van der Waals surface area (Å²) in [4.78, 5) is 14.2. The fraction of sp³-hybridized carbons (Fsp3) is 0.643. The number of carbonyl (C=O) groups is 1. The van der Waals surface area contributed by atoms with Crippen LogP contribution in [0.1, 0.15) is 46.8 Å². The fourth-order valence-electron chi connectivity index (χ4n) is 2.48. The SMILES string of the molecule is CCCc1sc(C(=O)NC2CCS(=O)(=O)C2)cc1CC. The first-order valence-corrected chi connectivity index (χ1v) is 9.71. The average Bonchev–Trinajstić information content (AvgIpc) is 2.93. The zero-order valence-electron chi connectivity index (χ0n) is 11.9. The summed E-state index contributed by atoms with van der Waals surface area (Å²) in [5.74, 6) is 0.130. The van der Waals surface area contributed by atoms with Crippen molar-refractivity contribution in [2.24, 2.45) is 0 Å². The highest BCUT2D eigenvalue weighted by Gasteiger charge is 2.29. The van der Waals surface area contributed by atoms with Crippen molar-refractivity contribution in [3.63, 3.8) is 0 Å². The molecule has 1 aromatic heterocycles. The van der Waals surface area contributed by atoms with Crippen molar-refractivity contribution in [2.45, 2.75) is 45.6 Å². The quantitative estimate of drug-likeness (QED) is 0.906. The monoisotopic (exact) mass is 315 g/mol. The Balaban J connectivity index is 2.06. The molecular formula is C14H21NO3S2. The Bertz CT molecular complexity index is 590. The number of hydrogen-bond donors (Lipinski definition) is 1. The molecule has 20 heavy (non-hydrogen) atoms. The lowest BCUT2D eigenvalue weighted by Crippen LogP contribution is -2.35. The van der Waals surface area contributed by atoms with Crippen molar-refractivity contribution in [1.29, 1.82) is 0 Å². The van der Waals surface area contributed by atoms with E-state index in [4.69, 9.17) is 0 Å². The van der Waals surface area contributed by atoms with Crippen LogP contribution in [-0.4, -0.2) is 31.9 Å². The van der Waals surface area contributed by atoms with Crippen LogP contribution in [0.4, 0.5) is 0 Å². The number of carbonyl (C=O) groups excluding carboxylic acids is 1. The van der Waals surface area contributed by atoms with Crippen molar-refractivity contribution >= 4 is 27.1 Å². The van der Waals surface area contributed by atoms with Gasteiger partial charge in [-0.25, -0.2) is 8.42 Å². The van der Waals surface area contributed by atoms with E-state index in [0.717, 1.165) is 19.3 Å². The van der Waals surface area contributed by atoms with Gasteiger partial charge in [0.15, 0.2) is 9.84 Å². The molecule has 0 spiro atoms. The molecule has 1 saturated heterocycles. The summed E-state index contributed by atoms with van der Waals surface area (Å²) in [5.41, 5.74) is 1.24. The molecule has 6 heteroatoms. The van der Waals surface area contributed by atoms with E-state index >= 15 is 0 Å². The Hall–Kier alpha value is -0.880. The maximum absolute atomic E-state index is 12.2. The van der Waals surface area contributed by atoms with Gasteiger partial charge >= 0.3 is 0 Å². The molecule has 4 nitrogen and oxygen atoms in total. The Kier molecular flexibility index (Phi) is 4.86. The number of rotatable bonds is 5. The Morgan fingerprint density at radius 1 is 1.45 bits per heavy atom. The number of hydrogen-bond acceptors (Lipinski definition) is 4. The first-order chi connectivity index (χ1) is 9.45. The van der Waals surface area contributed by atoms with Crippen molar-refractivity contribution in [3.8, 4) is 0 Å². The summed E-state index contributed by atoms with van der Waals surface area (Å²) in [6, 6.07) is 1.73. The van der Waals surface area contributed by atoms with E-state index in [-0.39, 0.29) is 23.5 Å². The van der Waals surface area contributed by atoms with Crippen molar-refractivity contribution < 1.29 is 13.2 Å². The van der Waals surface area contributed by atoms with Crippen LogP contribution in [0.5, 0.6) is 0 Å². The molecule has 112 valence electrons. The molecule has 0 bridgehead atoms. The lowest BCUT2D eigenvalue weighted by atomic mass is 10.1. The van der Waals surface area contributed by atoms with Gasteiger partial charge in [-0.05, 0) is 30.9 Å². The summed E-state index contributed by atoms with van der Waals surface area (Å²) in [5, 5.41) is 2.85. The van der Waals surface area contributed by atoms with Crippen LogP contribution >= 0.6 is 11.3 Å². The third-order valence-electron chi connectivity index (χ3n) is 3.55. The van der Waals surface area contributed by atoms with E-state index in [2.05, 4.69) is 19.2 Å². The first-order valence-electron chi connectivity index (χ1n) is 7.08. The molecule has 0 saturated carbocycles. The normalized spacial score (nSPS) is 21.0. The summed E-state index contributed by atoms with van der Waals surface area (Å²) in [7, 11) is -2.95. The van der Waals surface area contributed by atoms with Gasteiger partial charge in [-0.15, -0.1) is 11.3 Å². The largest absolute Gasteiger partial charge is 0.348 e. The second-order valence-electron chi connectivity index (χ2n) is 5.24. The van der Waals surface area contributed by atoms with Gasteiger partial charge in [0.25, 0.3) is 5.91 Å². The predicted molar refractivity (Wildman–Crippen MR) is 82.2 cm³/mol. The van der Waals surface area contributed by atoms with Gasteiger partial charge < -0.3 is 5.32 Å². The minimum Gasteiger partial charge on any atom is -0.348 e. The second kappa shape index (κ2) is 6.26. The molecule has 1 N–H and O–H groups in total. The van der Waals surface area contributed by atoms with Crippen LogP contribution in [0, 0.1) is 0 Å². The molecule has 2 rings (SSSR count). The third kappa shape index (κ3) is 3.61. The average molecular weight is 315 g/mol. The lowest BCUT2D eigenvalue weighted by molar-refractivity contribution is 0.0945. The maximum Gasteiger partial charge on any atom is 0.261 e. The molecule has 0 aliphatic carbocycles. The standard InChI is InChI=1S/C14H21NO3S2/c1-3-5-12-10(4-2)8-13(19-12)14(16)15-11-6-7-20(17,18)9-11/h8,11H,3-7,9H2,1-2H3,(H,15,16). The van der Waals surface area contributed by atoms with E-state index in [1.54, 1.807) is 0 Å². The zero-order chi connectivity index (χ0) is 14.8. The highest BCUT2D eigenvalue weighted by molar-refractivity contribution is 7.91. The van der Waals surface area contributed by atoms with Gasteiger partial charge in [-0.2, -0.15) is 0 Å². The van der Waals surface area contributed by atoms with Crippen LogP contribution in [0.3, 0.4) is 0 Å². The van der Waals surface area contributed by atoms with Crippen LogP contribution in [0.25, 0.3) is 0 Å². The molecule has 1 aliphatic heterocycles. The zero-order valence-corrected chi connectivity index (χ0v) is 13.6. The van der Waals surface area contributed by atoms with E-state index in [9.17, 15) is 13.2 Å². The Labute approximate surface area is 124 Å². The first kappa shape index (κ1) is 15.5. The van der Waals surface area contributed by atoms with Gasteiger partial charge in [0.05, 0.1) is 16.4 Å². The smallest absolute Gasteiger partial charge is 0.261 e. The molecule has 0 radical (unpaired) electrons. The highest BCUT2D eigenvalue weighted by Crippen LogP contribution is 2.25. The van der Waals surface area contributed by atoms with Crippen LogP contribution in [-0.2, 0) is 22.7 Å². The van der Waals surface area contributed by atoms with Gasteiger partial charge in [-0.1, -0.05) is 20.3 Å². The van der Waals surface area contributed by atoms with E-state index in [1.165, 1.54) is 21.8 Å². The topological polar surface area (TPSA) is 63.2 Å². The molecule has 1 amide bonds. The third-order valence-corrected chi connectivity index (χ3v) is 6.55. The maximum atomic E-state index is 12.2. The number of thiophene rings is 1. The minimum absolute atomic E-state index is 0.0760. The van der Waals surface area contributed by atoms with Crippen LogP contribution < -0.4 is 5.32 Å². The summed E-state index contributed by atoms with van der Waals surface area (Å²) in [6.07, 6.45) is 3.52. The predicted octanol–water partition coefficient (Wildman–Crippen LogP) is 2.18. The minimum atomic E-state index is -2.95. The fourth-order valence-corrected chi connectivity index (χ4v) is 5.41. The van der Waals surface area contributed by atoms with Crippen molar-refractivity contribution in [3.05, 3.63) is 21.4 Å². The number of nitrogens with one attached hydrogen (secondary N) is 1. The molecule has 1 unspecified atom stereocenters. The summed E-state index contributed by atoms with van der Waals surface area (Å²) in [6.45, 7) is 4.22. The van der Waals surface area contributed by atoms with E-state index in [0.29, 0.717) is 11.3 Å². The molecule has 1 fully saturated rings. The van der Waals surface area contributed by atoms with E-state index < -0.39 is 9.84 Å². The molecule has 1 aliphatic rings. The number of amides is 1. The van der Waals surface area contributed by atoms with Gasteiger partial charge in [0.2, 0.25) is 0 Å². The molecular weight excluding hydrogens is 294 g/mol. The number of sulfone groups is 1. The second-order valence-corrected chi connectivity index (χ2v) is 8.60. The van der Waals surface area contributed by atoms with Crippen LogP contribution in [0.2, 0.25) is 0 Å². The van der Waals surface area contributed by atoms with Crippen molar-refractivity contribution in [1.82, 2.24) is 5.32 Å². The molecule has 1 aromatic rings. The van der Waals surface area contributed by atoms with Crippen LogP contribution in [0.15, 0.2) is 6.07 Å².